The molecule has 6 atom stereocenters. The topological polar surface area (TPSA) is 57.6 Å². The molecule has 2 amide bonds. The summed E-state index contributed by atoms with van der Waals surface area (Å²) in [6, 6.07) is 6.23. The SMILES string of the molecule is O=C1[C@@H]2[C@H]3C[C@@H]([C@H](Br)[C@H]3Br)[C@@H]2C(=O)N1c1ccc(O)cc1. The van der Waals surface area contributed by atoms with E-state index in [1.54, 1.807) is 12.1 Å². The van der Waals surface area contributed by atoms with Crippen LogP contribution in [0.15, 0.2) is 24.3 Å². The Kier molecular flexibility index (Phi) is 2.99. The van der Waals surface area contributed by atoms with E-state index in [9.17, 15) is 14.7 Å². The second kappa shape index (κ2) is 4.56. The minimum Gasteiger partial charge on any atom is -0.508 e. The van der Waals surface area contributed by atoms with Gasteiger partial charge in [0.1, 0.15) is 5.75 Å². The Balaban J connectivity index is 1.73. The highest BCUT2D eigenvalue weighted by atomic mass is 79.9. The lowest BCUT2D eigenvalue weighted by molar-refractivity contribution is -0.123. The van der Waals surface area contributed by atoms with Gasteiger partial charge in [0.15, 0.2) is 0 Å². The zero-order chi connectivity index (χ0) is 14.9. The van der Waals surface area contributed by atoms with Crippen LogP contribution >= 0.6 is 31.9 Å². The lowest BCUT2D eigenvalue weighted by Gasteiger charge is -2.28. The molecule has 110 valence electrons. The number of carbonyl (C=O) groups is 2. The highest BCUT2D eigenvalue weighted by Crippen LogP contribution is 2.60. The number of alkyl halides is 2. The molecule has 1 aromatic carbocycles. The Morgan fingerprint density at radius 1 is 0.952 bits per heavy atom. The summed E-state index contributed by atoms with van der Waals surface area (Å²) in [5, 5.41) is 9.36. The molecule has 1 aliphatic heterocycles. The maximum Gasteiger partial charge on any atom is 0.238 e. The molecule has 21 heavy (non-hydrogen) atoms. The van der Waals surface area contributed by atoms with Crippen LogP contribution in [-0.4, -0.2) is 26.6 Å². The monoisotopic (exact) mass is 413 g/mol. The number of rotatable bonds is 1. The van der Waals surface area contributed by atoms with Gasteiger partial charge >= 0.3 is 0 Å². The first-order chi connectivity index (χ1) is 10.0. The number of hydrogen-bond donors (Lipinski definition) is 1. The molecule has 0 aromatic heterocycles. The number of imide groups is 1. The molecule has 2 aliphatic carbocycles. The number of aromatic hydroxyl groups is 1. The molecule has 1 aromatic rings. The Bertz CT molecular complexity index is 600. The first-order valence-corrected chi connectivity index (χ1v) is 8.79. The van der Waals surface area contributed by atoms with Crippen LogP contribution in [0.5, 0.6) is 5.75 Å². The van der Waals surface area contributed by atoms with Gasteiger partial charge in [-0.15, -0.1) is 0 Å². The van der Waals surface area contributed by atoms with Crippen LogP contribution in [-0.2, 0) is 9.59 Å². The van der Waals surface area contributed by atoms with Gasteiger partial charge in [0, 0.05) is 9.65 Å². The molecule has 3 fully saturated rings. The first kappa shape index (κ1) is 13.8. The molecule has 2 bridgehead atoms. The van der Waals surface area contributed by atoms with Crippen molar-refractivity contribution in [1.29, 1.82) is 0 Å². The van der Waals surface area contributed by atoms with Gasteiger partial charge in [0.05, 0.1) is 17.5 Å². The summed E-state index contributed by atoms with van der Waals surface area (Å²) < 4.78 is 0. The van der Waals surface area contributed by atoms with Crippen LogP contribution in [0.4, 0.5) is 5.69 Å². The molecule has 0 radical (unpaired) electrons. The van der Waals surface area contributed by atoms with Gasteiger partial charge < -0.3 is 5.11 Å². The van der Waals surface area contributed by atoms with Crippen molar-refractivity contribution < 1.29 is 14.7 Å². The number of amides is 2. The minimum absolute atomic E-state index is 0.0907. The Labute approximate surface area is 138 Å². The molecule has 0 spiro atoms. The van der Waals surface area contributed by atoms with Gasteiger partial charge in [-0.2, -0.15) is 0 Å². The van der Waals surface area contributed by atoms with Gasteiger partial charge in [-0.25, -0.2) is 0 Å². The largest absolute Gasteiger partial charge is 0.508 e. The summed E-state index contributed by atoms with van der Waals surface area (Å²) in [6.45, 7) is 0. The van der Waals surface area contributed by atoms with Crippen molar-refractivity contribution in [2.75, 3.05) is 4.90 Å². The van der Waals surface area contributed by atoms with Crippen LogP contribution < -0.4 is 4.90 Å². The van der Waals surface area contributed by atoms with E-state index in [4.69, 9.17) is 0 Å². The van der Waals surface area contributed by atoms with Gasteiger partial charge in [-0.3, -0.25) is 14.5 Å². The molecule has 1 heterocycles. The first-order valence-electron chi connectivity index (χ1n) is 6.95. The fourth-order valence-corrected chi connectivity index (χ4v) is 6.08. The van der Waals surface area contributed by atoms with E-state index in [1.165, 1.54) is 17.0 Å². The molecule has 4 rings (SSSR count). The molecule has 1 saturated heterocycles. The van der Waals surface area contributed by atoms with E-state index >= 15 is 0 Å². The fraction of sp³-hybridized carbons (Fsp3) is 0.467. The van der Waals surface area contributed by atoms with Crippen molar-refractivity contribution in [3.8, 4) is 5.75 Å². The number of phenolic OH excluding ortho intramolecular Hbond substituents is 1. The van der Waals surface area contributed by atoms with E-state index in [0.29, 0.717) is 5.69 Å². The summed E-state index contributed by atoms with van der Waals surface area (Å²) in [7, 11) is 0. The quantitative estimate of drug-likeness (QED) is 0.567. The van der Waals surface area contributed by atoms with Crippen LogP contribution in [0, 0.1) is 23.7 Å². The number of hydrogen-bond acceptors (Lipinski definition) is 3. The third kappa shape index (κ3) is 1.72. The van der Waals surface area contributed by atoms with Crippen LogP contribution in [0.1, 0.15) is 6.42 Å². The predicted molar refractivity (Wildman–Crippen MR) is 84.6 cm³/mol. The molecule has 4 nitrogen and oxygen atoms in total. The predicted octanol–water partition coefficient (Wildman–Crippen LogP) is 2.67. The number of halogens is 2. The number of nitrogens with zero attached hydrogens (tertiary/aromatic N) is 1. The lowest BCUT2D eigenvalue weighted by Crippen LogP contribution is -2.37. The zero-order valence-corrected chi connectivity index (χ0v) is 14.1. The number of carbonyl (C=O) groups excluding carboxylic acids is 2. The van der Waals surface area contributed by atoms with Crippen molar-refractivity contribution in [3.05, 3.63) is 24.3 Å². The van der Waals surface area contributed by atoms with E-state index < -0.39 is 0 Å². The third-order valence-electron chi connectivity index (χ3n) is 5.10. The van der Waals surface area contributed by atoms with Gasteiger partial charge in [0.2, 0.25) is 11.8 Å². The number of fused-ring (bicyclic) bond motifs is 5. The summed E-state index contributed by atoms with van der Waals surface area (Å²) in [6.07, 6.45) is 0.933. The van der Waals surface area contributed by atoms with Gasteiger partial charge in [-0.05, 0) is 42.5 Å². The highest BCUT2D eigenvalue weighted by Gasteiger charge is 2.66. The standard InChI is InChI=1S/C15H13Br2NO3/c16-12-8-5-9(13(12)17)11-10(8)14(20)18(15(11)21)6-1-3-7(19)4-2-6/h1-4,8-13,19H,5H2/t8-,9-,10-,11+,12+,13+/m1/s1. The minimum atomic E-state index is -0.200. The number of benzene rings is 1. The highest BCUT2D eigenvalue weighted by molar-refractivity contribution is 9.12. The van der Waals surface area contributed by atoms with E-state index in [2.05, 4.69) is 31.9 Å². The summed E-state index contributed by atoms with van der Waals surface area (Å²) in [4.78, 5) is 27.3. The second-order valence-electron chi connectivity index (χ2n) is 6.03. The molecular weight excluding hydrogens is 402 g/mol. The van der Waals surface area contributed by atoms with Gasteiger partial charge in [-0.1, -0.05) is 31.9 Å². The number of anilines is 1. The molecule has 2 saturated carbocycles. The Morgan fingerprint density at radius 2 is 1.43 bits per heavy atom. The van der Waals surface area contributed by atoms with Crippen LogP contribution in [0.3, 0.4) is 0 Å². The molecule has 6 heteroatoms. The fourth-order valence-electron chi connectivity index (χ4n) is 4.20. The van der Waals surface area contributed by atoms with Crippen molar-refractivity contribution in [1.82, 2.24) is 0 Å². The maximum atomic E-state index is 12.7. The summed E-state index contributed by atoms with van der Waals surface area (Å²) in [5.74, 6) is -0.00642. The zero-order valence-electron chi connectivity index (χ0n) is 10.9. The molecular formula is C15H13Br2NO3. The molecule has 0 unspecified atom stereocenters. The second-order valence-corrected chi connectivity index (χ2v) is 8.15. The van der Waals surface area contributed by atoms with Crippen molar-refractivity contribution in [3.63, 3.8) is 0 Å². The smallest absolute Gasteiger partial charge is 0.238 e. The van der Waals surface area contributed by atoms with E-state index in [0.717, 1.165) is 6.42 Å². The normalized spacial score (nSPS) is 41.0. The Hall–Kier alpha value is -0.880. The molecule has 1 N–H and O–H groups in total. The summed E-state index contributed by atoms with van der Waals surface area (Å²) >= 11 is 7.34. The third-order valence-corrected chi connectivity index (χ3v) is 8.30. The van der Waals surface area contributed by atoms with E-state index in [1.807, 2.05) is 0 Å². The lowest BCUT2D eigenvalue weighted by atomic mass is 9.81. The van der Waals surface area contributed by atoms with Crippen LogP contribution in [0.2, 0.25) is 0 Å². The van der Waals surface area contributed by atoms with Crippen molar-refractivity contribution in [2.45, 2.75) is 16.1 Å². The summed E-state index contributed by atoms with van der Waals surface area (Å²) in [5.41, 5.74) is 0.550. The van der Waals surface area contributed by atoms with Gasteiger partial charge in [0.25, 0.3) is 0 Å². The van der Waals surface area contributed by atoms with Crippen LogP contribution in [0.25, 0.3) is 0 Å². The number of phenols is 1. The average molecular weight is 415 g/mol. The van der Waals surface area contributed by atoms with Crippen molar-refractivity contribution >= 4 is 49.4 Å². The van der Waals surface area contributed by atoms with Crippen molar-refractivity contribution in [2.24, 2.45) is 23.7 Å². The maximum absolute atomic E-state index is 12.7. The van der Waals surface area contributed by atoms with E-state index in [-0.39, 0.29) is 50.9 Å². The average Bonchev–Trinajstić information content (AvgIpc) is 3.06. The Morgan fingerprint density at radius 3 is 1.90 bits per heavy atom. The molecule has 3 aliphatic rings.